The highest BCUT2D eigenvalue weighted by atomic mass is 32.2. The van der Waals surface area contributed by atoms with E-state index in [4.69, 9.17) is 4.74 Å². The van der Waals surface area contributed by atoms with Crippen molar-refractivity contribution in [3.8, 4) is 0 Å². The fourth-order valence-electron chi connectivity index (χ4n) is 2.66. The minimum absolute atomic E-state index is 0.0300. The molecule has 3 aliphatic rings. The molecular formula is C14H19N3O4S. The average molecular weight is 325 g/mol. The summed E-state index contributed by atoms with van der Waals surface area (Å²) in [4.78, 5) is 16.1. The molecule has 1 saturated heterocycles. The number of ether oxygens (including phenoxy) is 1. The van der Waals surface area contributed by atoms with Crippen LogP contribution >= 0.6 is 0 Å². The fourth-order valence-corrected chi connectivity index (χ4v) is 3.63. The molecule has 22 heavy (non-hydrogen) atoms. The molecular weight excluding hydrogens is 306 g/mol. The SMILES string of the molecule is CC[C@@H]1CN(C(=O)C2=CN3CCS(=O)(=O)N=C3C=C2)CCO1. The van der Waals surface area contributed by atoms with E-state index in [1.165, 1.54) is 0 Å². The Bertz CT molecular complexity index is 666. The van der Waals surface area contributed by atoms with Gasteiger partial charge in [-0.25, -0.2) is 8.42 Å². The minimum Gasteiger partial charge on any atom is -0.375 e. The highest BCUT2D eigenvalue weighted by Gasteiger charge is 2.28. The number of amides is 1. The second kappa shape index (κ2) is 5.85. The molecule has 0 aliphatic carbocycles. The topological polar surface area (TPSA) is 79.3 Å². The minimum atomic E-state index is -3.37. The molecule has 120 valence electrons. The third-order valence-corrected chi connectivity index (χ3v) is 5.12. The van der Waals surface area contributed by atoms with Crippen molar-refractivity contribution in [2.45, 2.75) is 19.4 Å². The van der Waals surface area contributed by atoms with Gasteiger partial charge >= 0.3 is 0 Å². The van der Waals surface area contributed by atoms with E-state index in [2.05, 4.69) is 4.40 Å². The zero-order chi connectivity index (χ0) is 15.7. The molecule has 7 nitrogen and oxygen atoms in total. The molecule has 0 aromatic heterocycles. The number of carbonyl (C=O) groups excluding carboxylic acids is 1. The van der Waals surface area contributed by atoms with Crippen molar-refractivity contribution in [3.63, 3.8) is 0 Å². The van der Waals surface area contributed by atoms with E-state index < -0.39 is 10.0 Å². The zero-order valence-electron chi connectivity index (χ0n) is 12.4. The van der Waals surface area contributed by atoms with Crippen LogP contribution in [-0.4, -0.2) is 68.1 Å². The highest BCUT2D eigenvalue weighted by molar-refractivity contribution is 7.90. The van der Waals surface area contributed by atoms with Gasteiger partial charge in [0, 0.05) is 25.8 Å². The first-order valence-electron chi connectivity index (χ1n) is 7.38. The van der Waals surface area contributed by atoms with Crippen molar-refractivity contribution >= 4 is 21.8 Å². The first-order chi connectivity index (χ1) is 10.5. The summed E-state index contributed by atoms with van der Waals surface area (Å²) in [6, 6.07) is 0. The number of carbonyl (C=O) groups is 1. The van der Waals surface area contributed by atoms with E-state index >= 15 is 0 Å². The number of hydrogen-bond donors (Lipinski definition) is 0. The van der Waals surface area contributed by atoms with E-state index in [1.807, 2.05) is 6.92 Å². The van der Waals surface area contributed by atoms with Crippen LogP contribution in [0.5, 0.6) is 0 Å². The number of hydrogen-bond acceptors (Lipinski definition) is 5. The van der Waals surface area contributed by atoms with Gasteiger partial charge in [0.05, 0.1) is 24.0 Å². The standard InChI is InChI=1S/C14H19N3O4S/c1-2-12-10-17(5-7-21-12)14(18)11-3-4-13-15-22(19,20)8-6-16(13)9-11/h3-4,9,12H,2,5-8,10H2,1H3/t12-/m1/s1. The van der Waals surface area contributed by atoms with Crippen LogP contribution in [-0.2, 0) is 19.6 Å². The lowest BCUT2D eigenvalue weighted by molar-refractivity contribution is -0.134. The Morgan fingerprint density at radius 1 is 1.41 bits per heavy atom. The van der Waals surface area contributed by atoms with Crippen LogP contribution in [0.2, 0.25) is 0 Å². The monoisotopic (exact) mass is 325 g/mol. The summed E-state index contributed by atoms with van der Waals surface area (Å²) in [5.74, 6) is 0.291. The van der Waals surface area contributed by atoms with Crippen LogP contribution in [0.1, 0.15) is 13.3 Å². The Hall–Kier alpha value is -1.67. The van der Waals surface area contributed by atoms with Gasteiger partial charge in [-0.3, -0.25) is 4.79 Å². The zero-order valence-corrected chi connectivity index (χ0v) is 13.3. The van der Waals surface area contributed by atoms with Crippen LogP contribution in [0.4, 0.5) is 0 Å². The molecule has 0 radical (unpaired) electrons. The van der Waals surface area contributed by atoms with Crippen molar-refractivity contribution in [1.82, 2.24) is 9.80 Å². The fraction of sp³-hybridized carbons (Fsp3) is 0.571. The van der Waals surface area contributed by atoms with Gasteiger partial charge in [0.1, 0.15) is 5.84 Å². The Morgan fingerprint density at radius 2 is 2.23 bits per heavy atom. The number of sulfonamides is 1. The van der Waals surface area contributed by atoms with Crippen LogP contribution in [0.25, 0.3) is 0 Å². The van der Waals surface area contributed by atoms with E-state index in [0.29, 0.717) is 37.6 Å². The van der Waals surface area contributed by atoms with Crippen molar-refractivity contribution < 1.29 is 17.9 Å². The molecule has 1 atom stereocenters. The smallest absolute Gasteiger partial charge is 0.256 e. The van der Waals surface area contributed by atoms with Gasteiger partial charge in [-0.05, 0) is 18.6 Å². The lowest BCUT2D eigenvalue weighted by Gasteiger charge is -2.34. The molecule has 0 unspecified atom stereocenters. The Kier molecular flexibility index (Phi) is 4.05. The van der Waals surface area contributed by atoms with Crippen LogP contribution in [0.3, 0.4) is 0 Å². The number of morpholine rings is 1. The summed E-state index contributed by atoms with van der Waals surface area (Å²) in [5, 5.41) is 0. The number of amidine groups is 1. The van der Waals surface area contributed by atoms with Crippen LogP contribution in [0.15, 0.2) is 28.3 Å². The molecule has 0 saturated carbocycles. The van der Waals surface area contributed by atoms with Gasteiger partial charge in [0.15, 0.2) is 0 Å². The van der Waals surface area contributed by atoms with Crippen molar-refractivity contribution in [2.75, 3.05) is 32.0 Å². The van der Waals surface area contributed by atoms with Crippen LogP contribution < -0.4 is 0 Å². The first kappa shape index (κ1) is 15.2. The number of rotatable bonds is 2. The van der Waals surface area contributed by atoms with E-state index in [0.717, 1.165) is 6.42 Å². The highest BCUT2D eigenvalue weighted by Crippen LogP contribution is 2.19. The normalized spacial score (nSPS) is 27.0. The second-order valence-corrected chi connectivity index (χ2v) is 7.25. The van der Waals surface area contributed by atoms with Crippen molar-refractivity contribution in [2.24, 2.45) is 4.40 Å². The molecule has 8 heteroatoms. The molecule has 0 spiro atoms. The Balaban J connectivity index is 1.75. The molecule has 0 N–H and O–H groups in total. The predicted octanol–water partition coefficient (Wildman–Crippen LogP) is 0.121. The van der Waals surface area contributed by atoms with Gasteiger partial charge < -0.3 is 14.5 Å². The molecule has 1 fully saturated rings. The Morgan fingerprint density at radius 3 is 3.00 bits per heavy atom. The molecule has 0 bridgehead atoms. The molecule has 3 aliphatic heterocycles. The van der Waals surface area contributed by atoms with Gasteiger partial charge in [-0.1, -0.05) is 6.92 Å². The third-order valence-electron chi connectivity index (χ3n) is 3.95. The van der Waals surface area contributed by atoms with E-state index in [-0.39, 0.29) is 17.8 Å². The summed E-state index contributed by atoms with van der Waals surface area (Å²) in [6.45, 7) is 4.08. The molecule has 3 heterocycles. The van der Waals surface area contributed by atoms with Crippen LogP contribution in [0, 0.1) is 0 Å². The lowest BCUT2D eigenvalue weighted by atomic mass is 10.1. The summed E-state index contributed by atoms with van der Waals surface area (Å²) < 4.78 is 32.2. The van der Waals surface area contributed by atoms with Crippen molar-refractivity contribution in [3.05, 3.63) is 23.9 Å². The predicted molar refractivity (Wildman–Crippen MR) is 81.8 cm³/mol. The summed E-state index contributed by atoms with van der Waals surface area (Å²) in [6.07, 6.45) is 5.87. The summed E-state index contributed by atoms with van der Waals surface area (Å²) in [7, 11) is -3.37. The number of fused-ring (bicyclic) bond motifs is 1. The summed E-state index contributed by atoms with van der Waals surface area (Å²) in [5.41, 5.74) is 0.551. The van der Waals surface area contributed by atoms with Gasteiger partial charge in [-0.15, -0.1) is 4.40 Å². The lowest BCUT2D eigenvalue weighted by Crippen LogP contribution is -2.46. The van der Waals surface area contributed by atoms with Gasteiger partial charge in [0.25, 0.3) is 15.9 Å². The largest absolute Gasteiger partial charge is 0.375 e. The van der Waals surface area contributed by atoms with Gasteiger partial charge in [-0.2, -0.15) is 0 Å². The molecule has 1 amide bonds. The maximum Gasteiger partial charge on any atom is 0.256 e. The third kappa shape index (κ3) is 3.07. The van der Waals surface area contributed by atoms with E-state index in [1.54, 1.807) is 28.2 Å². The summed E-state index contributed by atoms with van der Waals surface area (Å²) >= 11 is 0. The quantitative estimate of drug-likeness (QED) is 0.720. The number of nitrogens with zero attached hydrogens (tertiary/aromatic N) is 3. The first-order valence-corrected chi connectivity index (χ1v) is 8.99. The molecule has 0 aromatic carbocycles. The second-order valence-electron chi connectivity index (χ2n) is 5.50. The van der Waals surface area contributed by atoms with Crippen molar-refractivity contribution in [1.29, 1.82) is 0 Å². The Labute approximate surface area is 130 Å². The van der Waals surface area contributed by atoms with E-state index in [9.17, 15) is 13.2 Å². The maximum atomic E-state index is 12.6. The molecule has 3 rings (SSSR count). The maximum absolute atomic E-state index is 12.6. The molecule has 0 aromatic rings. The van der Waals surface area contributed by atoms with Gasteiger partial charge in [0.2, 0.25) is 0 Å². The average Bonchev–Trinajstić information content (AvgIpc) is 2.53.